The molecule has 0 atom stereocenters. The number of aromatic amines is 1. The molecular weight excluding hydrogens is 627 g/mol. The average Bonchev–Trinajstić information content (AvgIpc) is 3.78. The number of hydrogen-bond donors (Lipinski definition) is 1. The van der Waals surface area contributed by atoms with Gasteiger partial charge in [-0.2, -0.15) is 0 Å². The molecule has 42 heavy (non-hydrogen) atoms. The molecule has 5 heterocycles. The molecule has 0 aliphatic carbocycles. The monoisotopic (exact) mass is 672 g/mol. The van der Waals surface area contributed by atoms with Crippen molar-refractivity contribution in [1.29, 1.82) is 0 Å². The van der Waals surface area contributed by atoms with Crippen LogP contribution in [0.1, 0.15) is 119 Å². The van der Waals surface area contributed by atoms with Crippen molar-refractivity contribution in [3.63, 3.8) is 0 Å². The van der Waals surface area contributed by atoms with Gasteiger partial charge in [0.15, 0.2) is 0 Å². The van der Waals surface area contributed by atoms with Gasteiger partial charge in [0, 0.05) is 34.2 Å². The van der Waals surface area contributed by atoms with E-state index < -0.39 is 0 Å². The SMILES string of the molecule is CCC1=C(CC)c2nc1c(CC)c1[nH]c(cc3nc(cc4c(CC)c(CC)c(c2CC)n4CC)C=C3)cc1CC.[Cl][Rh]. The van der Waals surface area contributed by atoms with Crippen LogP contribution in [-0.2, 0) is 56.0 Å². The summed E-state index contributed by atoms with van der Waals surface area (Å²) in [6, 6.07) is 6.80. The number of H-pyrrole nitrogens is 1. The molecule has 2 aliphatic rings. The van der Waals surface area contributed by atoms with Crippen molar-refractivity contribution in [1.82, 2.24) is 19.5 Å². The normalized spacial score (nSPS) is 12.6. The summed E-state index contributed by atoms with van der Waals surface area (Å²) in [5.41, 5.74) is 19.3. The number of fused-ring (bicyclic) bond motifs is 8. The first-order valence-electron chi connectivity index (χ1n) is 15.8. The third-order valence-corrected chi connectivity index (χ3v) is 8.85. The third-order valence-electron chi connectivity index (χ3n) is 8.85. The summed E-state index contributed by atoms with van der Waals surface area (Å²) < 4.78 is 2.55. The molecule has 0 spiro atoms. The fraction of sp³-hybridized carbons (Fsp3) is 0.444. The molecule has 0 saturated heterocycles. The Morgan fingerprint density at radius 1 is 0.643 bits per heavy atom. The van der Waals surface area contributed by atoms with Crippen molar-refractivity contribution in [3.05, 3.63) is 68.8 Å². The Balaban J connectivity index is 0.00000198. The molecule has 1 N–H and O–H groups in total. The van der Waals surface area contributed by atoms with E-state index in [1.165, 1.54) is 66.9 Å². The Morgan fingerprint density at radius 2 is 1.21 bits per heavy atom. The van der Waals surface area contributed by atoms with Crippen LogP contribution in [0.25, 0.3) is 45.4 Å². The van der Waals surface area contributed by atoms with Crippen molar-refractivity contribution in [2.75, 3.05) is 0 Å². The van der Waals surface area contributed by atoms with Crippen LogP contribution in [0.5, 0.6) is 0 Å². The molecule has 0 amide bonds. The summed E-state index contributed by atoms with van der Waals surface area (Å²) in [6.07, 6.45) is 11.2. The van der Waals surface area contributed by atoms with Gasteiger partial charge in [0.1, 0.15) is 0 Å². The third kappa shape index (κ3) is 5.60. The summed E-state index contributed by atoms with van der Waals surface area (Å²) in [5.74, 6) is 0. The van der Waals surface area contributed by atoms with Crippen molar-refractivity contribution in [2.45, 2.75) is 107 Å². The number of rotatable bonds is 8. The molecule has 8 bridgehead atoms. The first-order valence-corrected chi connectivity index (χ1v) is 17.9. The topological polar surface area (TPSA) is 46.5 Å². The van der Waals surface area contributed by atoms with Crippen LogP contribution >= 0.6 is 9.69 Å². The second-order valence-electron chi connectivity index (χ2n) is 10.8. The zero-order valence-corrected chi connectivity index (χ0v) is 29.0. The van der Waals surface area contributed by atoms with Gasteiger partial charge in [-0.15, -0.1) is 0 Å². The first kappa shape index (κ1) is 32.4. The average molecular weight is 673 g/mol. The molecule has 3 aromatic heterocycles. The Labute approximate surface area is 266 Å². The quantitative estimate of drug-likeness (QED) is 0.189. The van der Waals surface area contributed by atoms with E-state index in [2.05, 4.69) is 105 Å². The maximum atomic E-state index is 5.61. The number of allylic oxidation sites excluding steroid dienone is 2. The Morgan fingerprint density at radius 3 is 1.74 bits per heavy atom. The van der Waals surface area contributed by atoms with Crippen LogP contribution in [0.15, 0.2) is 18.2 Å². The predicted molar refractivity (Wildman–Crippen MR) is 179 cm³/mol. The zero-order valence-electron chi connectivity index (χ0n) is 26.6. The molecule has 0 aromatic carbocycles. The maximum absolute atomic E-state index is 5.61. The molecule has 6 heteroatoms. The van der Waals surface area contributed by atoms with E-state index >= 15 is 0 Å². The van der Waals surface area contributed by atoms with Gasteiger partial charge in [0.25, 0.3) is 0 Å². The van der Waals surface area contributed by atoms with Crippen LogP contribution in [0.4, 0.5) is 0 Å². The summed E-state index contributed by atoms with van der Waals surface area (Å²) >= 11 is 2.02. The number of hydrogen-bond acceptors (Lipinski definition) is 2. The van der Waals surface area contributed by atoms with E-state index in [0.717, 1.165) is 68.4 Å². The number of aryl methyl sites for hydroxylation is 6. The molecule has 5 rings (SSSR count). The van der Waals surface area contributed by atoms with Gasteiger partial charge < -0.3 is 9.55 Å². The number of aromatic nitrogens is 4. The van der Waals surface area contributed by atoms with Gasteiger partial charge >= 0.3 is 27.0 Å². The zero-order chi connectivity index (χ0) is 30.6. The summed E-state index contributed by atoms with van der Waals surface area (Å²) in [6.45, 7) is 19.2. The van der Waals surface area contributed by atoms with E-state index in [-0.39, 0.29) is 0 Å². The van der Waals surface area contributed by atoms with Crippen molar-refractivity contribution >= 4 is 55.1 Å². The van der Waals surface area contributed by atoms with Crippen LogP contribution in [-0.4, -0.2) is 19.5 Å². The summed E-state index contributed by atoms with van der Waals surface area (Å²) in [4.78, 5) is 14.4. The number of nitrogens with one attached hydrogen (secondary N) is 1. The van der Waals surface area contributed by atoms with Gasteiger partial charge in [0.05, 0.1) is 28.3 Å². The number of halogens is 1. The van der Waals surface area contributed by atoms with Crippen molar-refractivity contribution < 1.29 is 17.3 Å². The second kappa shape index (κ2) is 14.3. The van der Waals surface area contributed by atoms with Gasteiger partial charge in [-0.25, -0.2) is 9.97 Å². The molecule has 0 unspecified atom stereocenters. The molecule has 0 radical (unpaired) electrons. The molecule has 0 fully saturated rings. The fourth-order valence-corrected chi connectivity index (χ4v) is 7.06. The predicted octanol–water partition coefficient (Wildman–Crippen LogP) is 10.2. The standard InChI is InChI=1S/C36H46N4.ClH.Rh/c1-9-22-19-25-20-23-17-18-24(37-23)21-32-26(10-2)29(13-5)36(40(32)16-8)31(15-7)35-28(12-4)27(11-3)34(39-35)30(14-6)33(22)38-25;;/h17-21,38H,9-16H2,1-8H3;1H;/q;;+1/p-1. The van der Waals surface area contributed by atoms with E-state index in [0.29, 0.717) is 0 Å². The molecule has 3 aromatic rings. The molecule has 226 valence electrons. The molecular formula is C36H46ClN4Rh. The van der Waals surface area contributed by atoms with Crippen LogP contribution < -0.4 is 0 Å². The first-order chi connectivity index (χ1) is 20.5. The number of nitrogens with zero attached hydrogens (tertiary/aromatic N) is 3. The molecule has 2 aliphatic heterocycles. The minimum atomic E-state index is 0.920. The van der Waals surface area contributed by atoms with E-state index in [1.807, 2.05) is 17.3 Å². The van der Waals surface area contributed by atoms with Crippen LogP contribution in [0.2, 0.25) is 0 Å². The van der Waals surface area contributed by atoms with E-state index in [9.17, 15) is 0 Å². The fourth-order valence-electron chi connectivity index (χ4n) is 7.06. The van der Waals surface area contributed by atoms with E-state index in [4.69, 9.17) is 9.97 Å². The molecule has 4 nitrogen and oxygen atoms in total. The van der Waals surface area contributed by atoms with Gasteiger partial charge in [-0.1, -0.05) is 48.5 Å². The van der Waals surface area contributed by atoms with Crippen molar-refractivity contribution in [3.8, 4) is 0 Å². The van der Waals surface area contributed by atoms with Gasteiger partial charge in [-0.05, 0) is 110 Å². The Hall–Kier alpha value is -2.49. The van der Waals surface area contributed by atoms with Crippen molar-refractivity contribution in [2.24, 2.45) is 0 Å². The van der Waals surface area contributed by atoms with Crippen LogP contribution in [0, 0.1) is 0 Å². The van der Waals surface area contributed by atoms with Gasteiger partial charge in [-0.3, -0.25) is 0 Å². The van der Waals surface area contributed by atoms with Crippen LogP contribution in [0.3, 0.4) is 0 Å². The summed E-state index contributed by atoms with van der Waals surface area (Å²) in [7, 11) is 4.53. The van der Waals surface area contributed by atoms with E-state index in [1.54, 1.807) is 0 Å². The Kier molecular flexibility index (Phi) is 11.1. The summed E-state index contributed by atoms with van der Waals surface area (Å²) in [5, 5.41) is 0. The Bertz CT molecular complexity index is 1690. The molecule has 0 saturated carbocycles. The minimum absolute atomic E-state index is 0.920. The second-order valence-corrected chi connectivity index (χ2v) is 10.8. The van der Waals surface area contributed by atoms with Gasteiger partial charge in [0.2, 0.25) is 0 Å².